The molecule has 1 atom stereocenters. The van der Waals surface area contributed by atoms with Gasteiger partial charge in [0.1, 0.15) is 0 Å². The lowest BCUT2D eigenvalue weighted by Gasteiger charge is -2.17. The van der Waals surface area contributed by atoms with Gasteiger partial charge in [-0.2, -0.15) is 0 Å². The number of carbonyl (C=O) groups excluding carboxylic acids is 2. The van der Waals surface area contributed by atoms with Gasteiger partial charge in [0.25, 0.3) is 5.91 Å². The molecule has 6 nitrogen and oxygen atoms in total. The average Bonchev–Trinajstić information content (AvgIpc) is 2.83. The van der Waals surface area contributed by atoms with Crippen LogP contribution in [0.5, 0.6) is 0 Å². The fourth-order valence-electron chi connectivity index (χ4n) is 3.25. The Morgan fingerprint density at radius 1 is 1.22 bits per heavy atom. The number of nitrogens with one attached hydrogen (secondary N) is 1. The standard InChI is InChI=1S/C20H22N2O4S/c1-4-15-8-5-7-13(2)18(15)21-19(23)16-9-6-10-17(11-16)22-20(24)14(3)12-27(22,25)26/h5-11,14H,4,12H2,1-3H3,(H,21,23)/t14-/m0/s1. The number of aryl methyl sites for hydroxylation is 2. The first-order valence-electron chi connectivity index (χ1n) is 8.81. The number of para-hydroxylation sites is 1. The molecule has 1 aliphatic heterocycles. The second kappa shape index (κ2) is 7.15. The zero-order valence-electron chi connectivity index (χ0n) is 15.5. The molecule has 27 heavy (non-hydrogen) atoms. The molecule has 1 N–H and O–H groups in total. The Hall–Kier alpha value is -2.67. The van der Waals surface area contributed by atoms with Crippen molar-refractivity contribution in [3.05, 3.63) is 59.2 Å². The molecule has 0 spiro atoms. The average molecular weight is 386 g/mol. The first-order valence-corrected chi connectivity index (χ1v) is 10.4. The number of sulfonamides is 1. The molecule has 1 aliphatic rings. The minimum absolute atomic E-state index is 0.192. The number of hydrogen-bond donors (Lipinski definition) is 1. The van der Waals surface area contributed by atoms with Crippen LogP contribution in [0.15, 0.2) is 42.5 Å². The molecule has 2 aromatic rings. The van der Waals surface area contributed by atoms with Crippen molar-refractivity contribution in [1.29, 1.82) is 0 Å². The molecule has 0 aliphatic carbocycles. The van der Waals surface area contributed by atoms with Crippen molar-refractivity contribution in [1.82, 2.24) is 0 Å². The maximum absolute atomic E-state index is 12.7. The summed E-state index contributed by atoms with van der Waals surface area (Å²) in [4.78, 5) is 25.0. The topological polar surface area (TPSA) is 83.6 Å². The Kier molecular flexibility index (Phi) is 5.06. The minimum atomic E-state index is -3.71. The molecule has 2 amide bonds. The maximum atomic E-state index is 12.7. The van der Waals surface area contributed by atoms with Gasteiger partial charge in [-0.15, -0.1) is 0 Å². The molecule has 0 radical (unpaired) electrons. The van der Waals surface area contributed by atoms with E-state index >= 15 is 0 Å². The lowest BCUT2D eigenvalue weighted by atomic mass is 10.1. The summed E-state index contributed by atoms with van der Waals surface area (Å²) in [5, 5.41) is 2.91. The van der Waals surface area contributed by atoms with Gasteiger partial charge in [-0.25, -0.2) is 12.7 Å². The van der Waals surface area contributed by atoms with E-state index < -0.39 is 21.8 Å². The lowest BCUT2D eigenvalue weighted by molar-refractivity contribution is -0.119. The van der Waals surface area contributed by atoms with Crippen molar-refractivity contribution in [2.24, 2.45) is 5.92 Å². The summed E-state index contributed by atoms with van der Waals surface area (Å²) in [6, 6.07) is 11.9. The molecule has 1 saturated heterocycles. The molecular weight excluding hydrogens is 364 g/mol. The van der Waals surface area contributed by atoms with Gasteiger partial charge in [-0.05, 0) is 42.7 Å². The van der Waals surface area contributed by atoms with Gasteiger partial charge in [0, 0.05) is 11.3 Å². The second-order valence-electron chi connectivity index (χ2n) is 6.75. The van der Waals surface area contributed by atoms with Crippen LogP contribution in [0.25, 0.3) is 0 Å². The van der Waals surface area contributed by atoms with E-state index in [1.165, 1.54) is 12.1 Å². The predicted molar refractivity (Wildman–Crippen MR) is 105 cm³/mol. The molecule has 7 heteroatoms. The zero-order valence-corrected chi connectivity index (χ0v) is 16.3. The molecule has 0 unspecified atom stereocenters. The molecule has 0 aromatic heterocycles. The SMILES string of the molecule is CCc1cccc(C)c1NC(=O)c1cccc(N2C(=O)[C@@H](C)CS2(=O)=O)c1. The van der Waals surface area contributed by atoms with Crippen LogP contribution in [0, 0.1) is 12.8 Å². The minimum Gasteiger partial charge on any atom is -0.321 e. The molecule has 0 bridgehead atoms. The van der Waals surface area contributed by atoms with E-state index in [-0.39, 0.29) is 17.3 Å². The van der Waals surface area contributed by atoms with Gasteiger partial charge in [0.2, 0.25) is 15.9 Å². The van der Waals surface area contributed by atoms with Crippen molar-refractivity contribution < 1.29 is 18.0 Å². The first kappa shape index (κ1) is 19.1. The zero-order chi connectivity index (χ0) is 19.8. The van der Waals surface area contributed by atoms with Gasteiger partial charge < -0.3 is 5.32 Å². The quantitative estimate of drug-likeness (QED) is 0.875. The Morgan fingerprint density at radius 3 is 2.56 bits per heavy atom. The van der Waals surface area contributed by atoms with Gasteiger partial charge in [-0.1, -0.05) is 38.1 Å². The number of rotatable bonds is 4. The normalized spacial score (nSPS) is 18.6. The van der Waals surface area contributed by atoms with E-state index in [0.29, 0.717) is 5.56 Å². The molecule has 1 heterocycles. The van der Waals surface area contributed by atoms with Crippen molar-refractivity contribution in [3.8, 4) is 0 Å². The Labute approximate surface area is 159 Å². The van der Waals surface area contributed by atoms with E-state index in [1.807, 2.05) is 32.0 Å². The van der Waals surface area contributed by atoms with E-state index in [2.05, 4.69) is 5.32 Å². The van der Waals surface area contributed by atoms with Crippen LogP contribution in [-0.2, 0) is 21.2 Å². The number of anilines is 2. The Bertz CT molecular complexity index is 1010. The molecule has 2 aromatic carbocycles. The fraction of sp³-hybridized carbons (Fsp3) is 0.300. The Balaban J connectivity index is 1.93. The molecule has 1 fully saturated rings. The van der Waals surface area contributed by atoms with Crippen LogP contribution in [0.3, 0.4) is 0 Å². The van der Waals surface area contributed by atoms with Crippen LogP contribution in [0.1, 0.15) is 35.3 Å². The Morgan fingerprint density at radius 2 is 1.93 bits per heavy atom. The third-order valence-corrected chi connectivity index (χ3v) is 6.55. The second-order valence-corrected chi connectivity index (χ2v) is 8.61. The van der Waals surface area contributed by atoms with Crippen LogP contribution in [-0.4, -0.2) is 26.0 Å². The predicted octanol–water partition coefficient (Wildman–Crippen LogP) is 3.12. The highest BCUT2D eigenvalue weighted by molar-refractivity contribution is 7.94. The van der Waals surface area contributed by atoms with Crippen LogP contribution in [0.4, 0.5) is 11.4 Å². The fourth-order valence-corrected chi connectivity index (χ4v) is 5.06. The number of nitrogens with zero attached hydrogens (tertiary/aromatic N) is 1. The van der Waals surface area contributed by atoms with Crippen molar-refractivity contribution in [2.45, 2.75) is 27.2 Å². The number of amides is 2. The van der Waals surface area contributed by atoms with E-state index in [9.17, 15) is 18.0 Å². The summed E-state index contributed by atoms with van der Waals surface area (Å²) in [6.45, 7) is 5.51. The largest absolute Gasteiger partial charge is 0.321 e. The summed E-state index contributed by atoms with van der Waals surface area (Å²) < 4.78 is 25.4. The number of hydrogen-bond acceptors (Lipinski definition) is 4. The third kappa shape index (κ3) is 3.60. The molecule has 142 valence electrons. The highest BCUT2D eigenvalue weighted by atomic mass is 32.2. The van der Waals surface area contributed by atoms with Crippen molar-refractivity contribution >= 4 is 33.2 Å². The van der Waals surface area contributed by atoms with Crippen molar-refractivity contribution in [3.63, 3.8) is 0 Å². The monoisotopic (exact) mass is 386 g/mol. The third-order valence-electron chi connectivity index (χ3n) is 4.68. The van der Waals surface area contributed by atoms with E-state index in [1.54, 1.807) is 19.1 Å². The van der Waals surface area contributed by atoms with Crippen molar-refractivity contribution in [2.75, 3.05) is 15.4 Å². The summed E-state index contributed by atoms with van der Waals surface area (Å²) in [6.07, 6.45) is 0.774. The maximum Gasteiger partial charge on any atom is 0.255 e. The van der Waals surface area contributed by atoms with Gasteiger partial charge in [0.15, 0.2) is 0 Å². The summed E-state index contributed by atoms with van der Waals surface area (Å²) >= 11 is 0. The molecule has 3 rings (SSSR count). The van der Waals surface area contributed by atoms with Gasteiger partial charge >= 0.3 is 0 Å². The van der Waals surface area contributed by atoms with Crippen LogP contribution < -0.4 is 9.62 Å². The number of benzene rings is 2. The van der Waals surface area contributed by atoms with Crippen LogP contribution >= 0.6 is 0 Å². The van der Waals surface area contributed by atoms with E-state index in [0.717, 1.165) is 27.5 Å². The highest BCUT2D eigenvalue weighted by Gasteiger charge is 2.42. The van der Waals surface area contributed by atoms with Gasteiger partial charge in [0.05, 0.1) is 17.4 Å². The van der Waals surface area contributed by atoms with E-state index in [4.69, 9.17) is 0 Å². The first-order chi connectivity index (χ1) is 12.7. The number of carbonyl (C=O) groups is 2. The molecular formula is C20H22N2O4S. The summed E-state index contributed by atoms with van der Waals surface area (Å²) in [5.41, 5.74) is 3.21. The van der Waals surface area contributed by atoms with Gasteiger partial charge in [-0.3, -0.25) is 9.59 Å². The lowest BCUT2D eigenvalue weighted by Crippen LogP contribution is -2.30. The molecule has 0 saturated carbocycles. The highest BCUT2D eigenvalue weighted by Crippen LogP contribution is 2.29. The van der Waals surface area contributed by atoms with Crippen LogP contribution in [0.2, 0.25) is 0 Å². The summed E-state index contributed by atoms with van der Waals surface area (Å²) in [5.74, 6) is -1.63. The smallest absolute Gasteiger partial charge is 0.255 e. The summed E-state index contributed by atoms with van der Waals surface area (Å²) in [7, 11) is -3.71.